The van der Waals surface area contributed by atoms with Crippen LogP contribution in [0, 0.1) is 5.92 Å². The molecule has 0 unspecified atom stereocenters. The second kappa shape index (κ2) is 10.1. The Kier molecular flexibility index (Phi) is 7.56. The fourth-order valence-corrected chi connectivity index (χ4v) is 4.81. The Labute approximate surface area is 174 Å². The molecule has 1 N–H and O–H groups in total. The maximum atomic E-state index is 13.3. The molecule has 0 spiro atoms. The molecule has 28 heavy (non-hydrogen) atoms. The van der Waals surface area contributed by atoms with Crippen LogP contribution in [0.5, 0.6) is 0 Å². The van der Waals surface area contributed by atoms with Crippen LogP contribution in [-0.4, -0.2) is 38.9 Å². The van der Waals surface area contributed by atoms with E-state index < -0.39 is 6.04 Å². The number of nitrogens with zero attached hydrogens (tertiary/aromatic N) is 3. The van der Waals surface area contributed by atoms with Gasteiger partial charge >= 0.3 is 0 Å². The van der Waals surface area contributed by atoms with E-state index in [0.29, 0.717) is 18.2 Å². The molecular formula is C20H28N4O2S2. The summed E-state index contributed by atoms with van der Waals surface area (Å²) in [5, 5.41) is 10.8. The molecule has 6 nitrogen and oxygen atoms in total. The van der Waals surface area contributed by atoms with E-state index in [4.69, 9.17) is 0 Å². The SMILES string of the molecule is CC(C)CCN(C(=O)c1csnn1)[C@H](C(=O)NC1CCCCC1)c1cccs1. The average Bonchev–Trinajstić information content (AvgIpc) is 3.39. The van der Waals surface area contributed by atoms with Crippen molar-refractivity contribution in [2.45, 2.75) is 64.5 Å². The van der Waals surface area contributed by atoms with Crippen molar-refractivity contribution in [1.82, 2.24) is 19.8 Å². The van der Waals surface area contributed by atoms with Gasteiger partial charge in [-0.05, 0) is 48.2 Å². The Balaban J connectivity index is 1.87. The molecule has 1 aliphatic rings. The lowest BCUT2D eigenvalue weighted by atomic mass is 9.95. The summed E-state index contributed by atoms with van der Waals surface area (Å²) in [6.07, 6.45) is 6.38. The van der Waals surface area contributed by atoms with Crippen molar-refractivity contribution in [1.29, 1.82) is 0 Å². The van der Waals surface area contributed by atoms with Crippen LogP contribution in [0.3, 0.4) is 0 Å². The number of amides is 2. The third-order valence-corrected chi connectivity index (χ3v) is 6.54. The minimum Gasteiger partial charge on any atom is -0.351 e. The monoisotopic (exact) mass is 420 g/mol. The van der Waals surface area contributed by atoms with Crippen LogP contribution in [0.1, 0.15) is 73.8 Å². The van der Waals surface area contributed by atoms with E-state index in [1.807, 2.05) is 17.5 Å². The van der Waals surface area contributed by atoms with Gasteiger partial charge in [-0.3, -0.25) is 9.59 Å². The highest BCUT2D eigenvalue weighted by atomic mass is 32.1. The summed E-state index contributed by atoms with van der Waals surface area (Å²) in [5.74, 6) is 0.107. The van der Waals surface area contributed by atoms with Crippen LogP contribution in [0.15, 0.2) is 22.9 Å². The van der Waals surface area contributed by atoms with Crippen molar-refractivity contribution >= 4 is 34.7 Å². The molecular weight excluding hydrogens is 392 g/mol. The summed E-state index contributed by atoms with van der Waals surface area (Å²) in [6, 6.07) is 3.43. The average molecular weight is 421 g/mol. The van der Waals surface area contributed by atoms with Crippen molar-refractivity contribution < 1.29 is 9.59 Å². The van der Waals surface area contributed by atoms with Crippen LogP contribution >= 0.6 is 22.9 Å². The van der Waals surface area contributed by atoms with E-state index in [2.05, 4.69) is 28.8 Å². The molecule has 3 rings (SSSR count). The predicted molar refractivity (Wildman–Crippen MR) is 112 cm³/mol. The topological polar surface area (TPSA) is 75.2 Å². The number of hydrogen-bond acceptors (Lipinski definition) is 6. The number of nitrogens with one attached hydrogen (secondary N) is 1. The van der Waals surface area contributed by atoms with Crippen molar-refractivity contribution in [3.05, 3.63) is 33.5 Å². The molecule has 152 valence electrons. The summed E-state index contributed by atoms with van der Waals surface area (Å²) in [7, 11) is 0. The molecule has 1 saturated carbocycles. The molecule has 8 heteroatoms. The van der Waals surface area contributed by atoms with Gasteiger partial charge in [0.25, 0.3) is 5.91 Å². The Morgan fingerprint density at radius 1 is 1.29 bits per heavy atom. The van der Waals surface area contributed by atoms with Crippen molar-refractivity contribution in [2.75, 3.05) is 6.54 Å². The first kappa shape index (κ1) is 20.9. The molecule has 1 fully saturated rings. The summed E-state index contributed by atoms with van der Waals surface area (Å²) in [4.78, 5) is 29.1. The van der Waals surface area contributed by atoms with Crippen molar-refractivity contribution in [2.24, 2.45) is 5.92 Å². The minimum absolute atomic E-state index is 0.0883. The van der Waals surface area contributed by atoms with Gasteiger partial charge in [-0.15, -0.1) is 16.4 Å². The largest absolute Gasteiger partial charge is 0.351 e. The third kappa shape index (κ3) is 5.38. The van der Waals surface area contributed by atoms with Crippen LogP contribution in [0.4, 0.5) is 0 Å². The second-order valence-corrected chi connectivity index (χ2v) is 9.32. The Hall–Kier alpha value is -1.80. The van der Waals surface area contributed by atoms with E-state index in [1.54, 1.807) is 10.3 Å². The first-order valence-electron chi connectivity index (χ1n) is 9.98. The Morgan fingerprint density at radius 2 is 2.07 bits per heavy atom. The van der Waals surface area contributed by atoms with E-state index in [-0.39, 0.29) is 17.9 Å². The highest BCUT2D eigenvalue weighted by Crippen LogP contribution is 2.29. The number of carbonyl (C=O) groups is 2. The Bertz CT molecular complexity index is 740. The van der Waals surface area contributed by atoms with Gasteiger partial charge in [-0.2, -0.15) is 0 Å². The van der Waals surface area contributed by atoms with Crippen LogP contribution in [0.25, 0.3) is 0 Å². The van der Waals surface area contributed by atoms with Gasteiger partial charge in [0.1, 0.15) is 6.04 Å². The minimum atomic E-state index is -0.630. The van der Waals surface area contributed by atoms with E-state index in [9.17, 15) is 9.59 Å². The van der Waals surface area contributed by atoms with Crippen LogP contribution < -0.4 is 5.32 Å². The molecule has 0 aromatic carbocycles. The van der Waals surface area contributed by atoms with Gasteiger partial charge < -0.3 is 10.2 Å². The number of carbonyl (C=O) groups excluding carboxylic acids is 2. The van der Waals surface area contributed by atoms with Gasteiger partial charge in [0.2, 0.25) is 5.91 Å². The van der Waals surface area contributed by atoms with Gasteiger partial charge in [0.15, 0.2) is 5.69 Å². The van der Waals surface area contributed by atoms with Gasteiger partial charge in [-0.1, -0.05) is 43.7 Å². The van der Waals surface area contributed by atoms with Gasteiger partial charge in [0, 0.05) is 22.8 Å². The molecule has 0 bridgehead atoms. The fraction of sp³-hybridized carbons (Fsp3) is 0.600. The first-order chi connectivity index (χ1) is 13.6. The third-order valence-electron chi connectivity index (χ3n) is 5.11. The summed E-state index contributed by atoms with van der Waals surface area (Å²) in [5.41, 5.74) is 0.306. The molecule has 0 aliphatic heterocycles. The number of thiophene rings is 1. The molecule has 2 aromatic heterocycles. The lowest BCUT2D eigenvalue weighted by molar-refractivity contribution is -0.126. The molecule has 0 saturated heterocycles. The molecule has 2 heterocycles. The summed E-state index contributed by atoms with van der Waals surface area (Å²) < 4.78 is 3.83. The zero-order chi connectivity index (χ0) is 19.9. The molecule has 1 atom stereocenters. The number of aromatic nitrogens is 2. The quantitative estimate of drug-likeness (QED) is 0.692. The molecule has 2 amide bonds. The number of rotatable bonds is 8. The lowest BCUT2D eigenvalue weighted by Gasteiger charge is -2.32. The predicted octanol–water partition coefficient (Wildman–Crippen LogP) is 4.28. The van der Waals surface area contributed by atoms with Gasteiger partial charge in [0.05, 0.1) is 0 Å². The number of hydrogen-bond donors (Lipinski definition) is 1. The van der Waals surface area contributed by atoms with Crippen molar-refractivity contribution in [3.63, 3.8) is 0 Å². The Morgan fingerprint density at radius 3 is 2.68 bits per heavy atom. The van der Waals surface area contributed by atoms with Crippen LogP contribution in [-0.2, 0) is 4.79 Å². The van der Waals surface area contributed by atoms with Crippen LogP contribution in [0.2, 0.25) is 0 Å². The van der Waals surface area contributed by atoms with Crippen molar-refractivity contribution in [3.8, 4) is 0 Å². The highest BCUT2D eigenvalue weighted by molar-refractivity contribution is 7.10. The summed E-state index contributed by atoms with van der Waals surface area (Å²) >= 11 is 2.66. The molecule has 1 aliphatic carbocycles. The normalized spacial score (nSPS) is 16.1. The zero-order valence-corrected chi connectivity index (χ0v) is 18.1. The van der Waals surface area contributed by atoms with Gasteiger partial charge in [-0.25, -0.2) is 0 Å². The zero-order valence-electron chi connectivity index (χ0n) is 16.5. The van der Waals surface area contributed by atoms with E-state index >= 15 is 0 Å². The lowest BCUT2D eigenvalue weighted by Crippen LogP contribution is -2.47. The maximum absolute atomic E-state index is 13.3. The molecule has 0 radical (unpaired) electrons. The molecule has 2 aromatic rings. The standard InChI is InChI=1S/C20H28N4O2S2/c1-14(2)10-11-24(20(26)16-13-28-23-22-16)18(17-9-6-12-27-17)19(25)21-15-7-4-3-5-8-15/h6,9,12-15,18H,3-5,7-8,10-11H2,1-2H3,(H,21,25)/t18-/m0/s1. The fourth-order valence-electron chi connectivity index (χ4n) is 3.55. The summed E-state index contributed by atoms with van der Waals surface area (Å²) in [6.45, 7) is 4.75. The maximum Gasteiger partial charge on any atom is 0.276 e. The second-order valence-electron chi connectivity index (χ2n) is 7.73. The van der Waals surface area contributed by atoms with E-state index in [1.165, 1.54) is 17.8 Å². The smallest absolute Gasteiger partial charge is 0.276 e. The first-order valence-corrected chi connectivity index (χ1v) is 11.7. The van der Waals surface area contributed by atoms with E-state index in [0.717, 1.165) is 48.5 Å². The highest BCUT2D eigenvalue weighted by Gasteiger charge is 2.34.